The van der Waals surface area contributed by atoms with Gasteiger partial charge in [-0.3, -0.25) is 0 Å². The van der Waals surface area contributed by atoms with Gasteiger partial charge in [0.1, 0.15) is 11.5 Å². The van der Waals surface area contributed by atoms with Gasteiger partial charge in [-0.1, -0.05) is 11.6 Å². The molecule has 0 fully saturated rings. The van der Waals surface area contributed by atoms with E-state index >= 15 is 0 Å². The minimum absolute atomic E-state index is 0.121. The maximum Gasteiger partial charge on any atom is 0.341 e. The van der Waals surface area contributed by atoms with Crippen LogP contribution in [0.5, 0.6) is 17.4 Å². The van der Waals surface area contributed by atoms with E-state index in [4.69, 9.17) is 30.9 Å². The zero-order valence-electron chi connectivity index (χ0n) is 15.7. The normalized spacial score (nSPS) is 10.3. The van der Waals surface area contributed by atoms with Crippen LogP contribution in [0.1, 0.15) is 0 Å². The second kappa shape index (κ2) is 9.11. The minimum Gasteiger partial charge on any atom is -0.497 e. The SMILES string of the molecule is COc1ccc(-c2cc(OCC(=O)O)nc(Nc3ccc(OC)c(Cl)c3)n2)cc1. The van der Waals surface area contributed by atoms with Crippen molar-refractivity contribution in [1.82, 2.24) is 9.97 Å². The Labute approximate surface area is 172 Å². The highest BCUT2D eigenvalue weighted by molar-refractivity contribution is 6.32. The van der Waals surface area contributed by atoms with E-state index in [1.54, 1.807) is 43.5 Å². The predicted molar refractivity (Wildman–Crippen MR) is 108 cm³/mol. The Hall–Kier alpha value is -3.52. The lowest BCUT2D eigenvalue weighted by Crippen LogP contribution is -2.11. The van der Waals surface area contributed by atoms with Gasteiger partial charge in [0.2, 0.25) is 11.8 Å². The van der Waals surface area contributed by atoms with Crippen molar-refractivity contribution in [3.05, 3.63) is 53.6 Å². The zero-order valence-corrected chi connectivity index (χ0v) is 16.4. The summed E-state index contributed by atoms with van der Waals surface area (Å²) in [7, 11) is 3.11. The van der Waals surface area contributed by atoms with Crippen LogP contribution in [0.2, 0.25) is 5.02 Å². The number of carboxylic acid groups (broad SMARTS) is 1. The third-order valence-electron chi connectivity index (χ3n) is 3.84. The smallest absolute Gasteiger partial charge is 0.341 e. The number of halogens is 1. The van der Waals surface area contributed by atoms with Crippen molar-refractivity contribution in [2.45, 2.75) is 0 Å². The Bertz CT molecular complexity index is 1010. The largest absolute Gasteiger partial charge is 0.497 e. The lowest BCUT2D eigenvalue weighted by molar-refractivity contribution is -0.139. The van der Waals surface area contributed by atoms with Crippen LogP contribution in [0.3, 0.4) is 0 Å². The molecule has 0 bridgehead atoms. The van der Waals surface area contributed by atoms with Crippen LogP contribution >= 0.6 is 11.6 Å². The van der Waals surface area contributed by atoms with E-state index in [0.29, 0.717) is 27.9 Å². The van der Waals surface area contributed by atoms with Gasteiger partial charge in [0.15, 0.2) is 6.61 Å². The summed E-state index contributed by atoms with van der Waals surface area (Å²) in [5.74, 6) is 0.480. The number of anilines is 2. The highest BCUT2D eigenvalue weighted by Gasteiger charge is 2.11. The van der Waals surface area contributed by atoms with Gasteiger partial charge < -0.3 is 24.6 Å². The minimum atomic E-state index is -1.11. The Kier molecular flexibility index (Phi) is 6.36. The van der Waals surface area contributed by atoms with Crippen molar-refractivity contribution in [1.29, 1.82) is 0 Å². The average molecular weight is 416 g/mol. The molecule has 2 N–H and O–H groups in total. The molecule has 1 aromatic heterocycles. The van der Waals surface area contributed by atoms with Crippen molar-refractivity contribution in [2.24, 2.45) is 0 Å². The highest BCUT2D eigenvalue weighted by Crippen LogP contribution is 2.30. The van der Waals surface area contributed by atoms with Gasteiger partial charge in [-0.2, -0.15) is 4.98 Å². The molecule has 0 atom stereocenters. The molecule has 3 rings (SSSR count). The van der Waals surface area contributed by atoms with E-state index in [1.807, 2.05) is 12.1 Å². The van der Waals surface area contributed by atoms with Gasteiger partial charge in [-0.15, -0.1) is 0 Å². The molecule has 0 radical (unpaired) electrons. The molecule has 8 nitrogen and oxygen atoms in total. The molecule has 0 aliphatic carbocycles. The fourth-order valence-corrected chi connectivity index (χ4v) is 2.73. The number of nitrogens with zero attached hydrogens (tertiary/aromatic N) is 2. The summed E-state index contributed by atoms with van der Waals surface area (Å²) in [6.45, 7) is -0.521. The first-order valence-electron chi connectivity index (χ1n) is 8.47. The Morgan fingerprint density at radius 1 is 1.07 bits per heavy atom. The summed E-state index contributed by atoms with van der Waals surface area (Å²) < 4.78 is 15.6. The van der Waals surface area contributed by atoms with Crippen molar-refractivity contribution >= 4 is 29.2 Å². The summed E-state index contributed by atoms with van der Waals surface area (Å²) >= 11 is 6.16. The maximum atomic E-state index is 10.8. The van der Waals surface area contributed by atoms with Crippen molar-refractivity contribution in [3.63, 3.8) is 0 Å². The number of carboxylic acids is 1. The lowest BCUT2D eigenvalue weighted by atomic mass is 10.1. The fourth-order valence-electron chi connectivity index (χ4n) is 2.47. The van der Waals surface area contributed by atoms with Gasteiger partial charge in [0.05, 0.1) is 24.9 Å². The van der Waals surface area contributed by atoms with Gasteiger partial charge >= 0.3 is 5.97 Å². The zero-order chi connectivity index (χ0) is 20.8. The average Bonchev–Trinajstić information content (AvgIpc) is 2.72. The van der Waals surface area contributed by atoms with Crippen LogP contribution in [-0.2, 0) is 4.79 Å². The number of ether oxygens (including phenoxy) is 3. The Morgan fingerprint density at radius 3 is 2.45 bits per heavy atom. The third kappa shape index (κ3) is 5.26. The number of hydrogen-bond donors (Lipinski definition) is 2. The van der Waals surface area contributed by atoms with Gasteiger partial charge in [0.25, 0.3) is 0 Å². The molecule has 0 saturated heterocycles. The van der Waals surface area contributed by atoms with Gasteiger partial charge in [-0.25, -0.2) is 9.78 Å². The Balaban J connectivity index is 1.94. The van der Waals surface area contributed by atoms with E-state index in [9.17, 15) is 4.79 Å². The summed E-state index contributed by atoms with van der Waals surface area (Å²) in [5.41, 5.74) is 1.96. The molecule has 0 spiro atoms. The lowest BCUT2D eigenvalue weighted by Gasteiger charge is -2.11. The fraction of sp³-hybridized carbons (Fsp3) is 0.150. The molecule has 0 saturated carbocycles. The van der Waals surface area contributed by atoms with Gasteiger partial charge in [0, 0.05) is 17.3 Å². The molecule has 0 unspecified atom stereocenters. The van der Waals surface area contributed by atoms with Gasteiger partial charge in [-0.05, 0) is 42.5 Å². The first kappa shape index (κ1) is 20.2. The second-order valence-corrected chi connectivity index (χ2v) is 6.21. The molecular formula is C20H18ClN3O5. The summed E-state index contributed by atoms with van der Waals surface area (Å²) in [5, 5.41) is 12.3. The number of methoxy groups -OCH3 is 2. The molecule has 3 aromatic rings. The number of aliphatic carboxylic acids is 1. The number of benzene rings is 2. The van der Waals surface area contributed by atoms with E-state index < -0.39 is 12.6 Å². The molecule has 9 heteroatoms. The molecule has 0 amide bonds. The van der Waals surface area contributed by atoms with Crippen LogP contribution < -0.4 is 19.5 Å². The van der Waals surface area contributed by atoms with Crippen molar-refractivity contribution < 1.29 is 24.1 Å². The van der Waals surface area contributed by atoms with Crippen LogP contribution in [-0.4, -0.2) is 41.9 Å². The molecular weight excluding hydrogens is 398 g/mol. The summed E-state index contributed by atoms with van der Waals surface area (Å²) in [4.78, 5) is 19.6. The van der Waals surface area contributed by atoms with E-state index in [1.165, 1.54) is 7.11 Å². The quantitative estimate of drug-likeness (QED) is 0.568. The number of aromatic nitrogens is 2. The van der Waals surface area contributed by atoms with Crippen LogP contribution in [0, 0.1) is 0 Å². The van der Waals surface area contributed by atoms with Crippen molar-refractivity contribution in [2.75, 3.05) is 26.1 Å². The van der Waals surface area contributed by atoms with Crippen LogP contribution in [0.25, 0.3) is 11.3 Å². The molecule has 2 aromatic carbocycles. The van der Waals surface area contributed by atoms with Crippen LogP contribution in [0.15, 0.2) is 48.5 Å². The van der Waals surface area contributed by atoms with E-state index in [0.717, 1.165) is 5.56 Å². The topological polar surface area (TPSA) is 103 Å². The standard InChI is InChI=1S/C20H18ClN3O5/c1-27-14-6-3-12(4-7-14)16-10-18(29-11-19(25)26)24-20(23-16)22-13-5-8-17(28-2)15(21)9-13/h3-10H,11H2,1-2H3,(H,25,26)(H,22,23,24). The molecule has 0 aliphatic heterocycles. The van der Waals surface area contributed by atoms with E-state index in [2.05, 4.69) is 15.3 Å². The monoisotopic (exact) mass is 415 g/mol. The Morgan fingerprint density at radius 2 is 1.83 bits per heavy atom. The predicted octanol–water partition coefficient (Wildman–Crippen LogP) is 4.02. The maximum absolute atomic E-state index is 10.8. The van der Waals surface area contributed by atoms with Crippen molar-refractivity contribution in [3.8, 4) is 28.6 Å². The number of carbonyl (C=O) groups is 1. The number of nitrogens with one attached hydrogen (secondary N) is 1. The molecule has 0 aliphatic rings. The number of hydrogen-bond acceptors (Lipinski definition) is 7. The second-order valence-electron chi connectivity index (χ2n) is 5.80. The van der Waals surface area contributed by atoms with E-state index in [-0.39, 0.29) is 11.8 Å². The molecule has 1 heterocycles. The third-order valence-corrected chi connectivity index (χ3v) is 4.14. The first-order chi connectivity index (χ1) is 14.0. The summed E-state index contributed by atoms with van der Waals surface area (Å²) in [6, 6.07) is 14.0. The highest BCUT2D eigenvalue weighted by atomic mass is 35.5. The summed E-state index contributed by atoms with van der Waals surface area (Å²) in [6.07, 6.45) is 0. The van der Waals surface area contributed by atoms with Crippen LogP contribution in [0.4, 0.5) is 11.6 Å². The molecule has 29 heavy (non-hydrogen) atoms. The molecule has 150 valence electrons. The first-order valence-corrected chi connectivity index (χ1v) is 8.85. The number of rotatable bonds is 8.